The van der Waals surface area contributed by atoms with Crippen LogP contribution in [-0.4, -0.2) is 75.7 Å². The molecule has 1 saturated heterocycles. The van der Waals surface area contributed by atoms with Gasteiger partial charge in [0, 0.05) is 26.2 Å². The molecule has 3 rings (SSSR count). The van der Waals surface area contributed by atoms with Gasteiger partial charge in [-0.05, 0) is 40.2 Å². The van der Waals surface area contributed by atoms with Crippen LogP contribution in [0.4, 0.5) is 4.79 Å². The van der Waals surface area contributed by atoms with E-state index in [2.05, 4.69) is 4.98 Å². The number of ether oxygens (including phenoxy) is 2. The molecule has 3 heterocycles. The Balaban J connectivity index is 1.69. The van der Waals surface area contributed by atoms with Crippen molar-refractivity contribution in [1.29, 1.82) is 0 Å². The Kier molecular flexibility index (Phi) is 6.87. The summed E-state index contributed by atoms with van der Waals surface area (Å²) in [5.41, 5.74) is -0.446. The molecular formula is C21H28N4O6S. The highest BCUT2D eigenvalue weighted by Crippen LogP contribution is 2.27. The molecule has 0 aliphatic carbocycles. The largest absolute Gasteiger partial charge is 0.462 e. The van der Waals surface area contributed by atoms with Gasteiger partial charge in [-0.15, -0.1) is 11.3 Å². The van der Waals surface area contributed by atoms with Gasteiger partial charge >= 0.3 is 12.1 Å². The summed E-state index contributed by atoms with van der Waals surface area (Å²) < 4.78 is 11.7. The smallest absolute Gasteiger partial charge is 0.410 e. The molecule has 0 atom stereocenters. The van der Waals surface area contributed by atoms with Crippen LogP contribution in [-0.2, 0) is 20.8 Å². The Bertz CT molecular complexity index is 1090. The first-order valence-corrected chi connectivity index (χ1v) is 11.2. The lowest BCUT2D eigenvalue weighted by Gasteiger charge is -2.35. The van der Waals surface area contributed by atoms with Crippen LogP contribution in [0.15, 0.2) is 11.1 Å². The second-order valence-corrected chi connectivity index (χ2v) is 9.48. The third-order valence-corrected chi connectivity index (χ3v) is 6.15. The average Bonchev–Trinajstić information content (AvgIpc) is 3.06. The van der Waals surface area contributed by atoms with E-state index in [4.69, 9.17) is 9.47 Å². The lowest BCUT2D eigenvalue weighted by atomic mass is 10.2. The zero-order valence-electron chi connectivity index (χ0n) is 19.0. The highest BCUT2D eigenvalue weighted by Gasteiger charge is 2.28. The fourth-order valence-electron chi connectivity index (χ4n) is 3.37. The zero-order chi connectivity index (χ0) is 23.6. The Hall–Kier alpha value is -2.95. The molecular weight excluding hydrogens is 436 g/mol. The first-order chi connectivity index (χ1) is 15.0. The molecule has 11 heteroatoms. The SMILES string of the molecule is CCOC(=O)c1sc2ncn(CC(=O)N3CCN(C(=O)OC(C)(C)C)CC3)c(=O)c2c1C. The summed E-state index contributed by atoms with van der Waals surface area (Å²) >= 11 is 1.10. The fraction of sp³-hybridized carbons (Fsp3) is 0.571. The van der Waals surface area contributed by atoms with Crippen molar-refractivity contribution in [3.05, 3.63) is 27.1 Å². The number of piperazine rings is 1. The molecule has 1 aliphatic rings. The maximum atomic E-state index is 13.0. The maximum Gasteiger partial charge on any atom is 0.410 e. The molecule has 32 heavy (non-hydrogen) atoms. The van der Waals surface area contributed by atoms with E-state index < -0.39 is 17.7 Å². The number of thiophene rings is 1. The number of amides is 2. The summed E-state index contributed by atoms with van der Waals surface area (Å²) in [7, 11) is 0. The van der Waals surface area contributed by atoms with Crippen LogP contribution in [0.2, 0.25) is 0 Å². The van der Waals surface area contributed by atoms with Crippen LogP contribution < -0.4 is 5.56 Å². The molecule has 10 nitrogen and oxygen atoms in total. The van der Waals surface area contributed by atoms with E-state index in [1.807, 2.05) is 0 Å². The number of carbonyl (C=O) groups excluding carboxylic acids is 3. The minimum absolute atomic E-state index is 0.168. The van der Waals surface area contributed by atoms with Crippen LogP contribution >= 0.6 is 11.3 Å². The minimum atomic E-state index is -0.580. The van der Waals surface area contributed by atoms with Crippen LogP contribution in [0.3, 0.4) is 0 Å². The van der Waals surface area contributed by atoms with Gasteiger partial charge in [-0.1, -0.05) is 0 Å². The molecule has 0 aromatic carbocycles. The van der Waals surface area contributed by atoms with Gasteiger partial charge < -0.3 is 19.3 Å². The number of esters is 1. The Labute approximate surface area is 189 Å². The first-order valence-electron chi connectivity index (χ1n) is 10.4. The predicted octanol–water partition coefficient (Wildman–Crippen LogP) is 2.02. The molecule has 0 radical (unpaired) electrons. The number of rotatable bonds is 4. The molecule has 0 N–H and O–H groups in total. The average molecular weight is 465 g/mol. The molecule has 0 bridgehead atoms. The maximum absolute atomic E-state index is 13.0. The molecule has 1 aliphatic heterocycles. The zero-order valence-corrected chi connectivity index (χ0v) is 19.8. The quantitative estimate of drug-likeness (QED) is 0.637. The summed E-state index contributed by atoms with van der Waals surface area (Å²) in [6.45, 7) is 10.3. The molecule has 0 saturated carbocycles. The lowest BCUT2D eigenvalue weighted by molar-refractivity contribution is -0.133. The Morgan fingerprint density at radius 2 is 1.75 bits per heavy atom. The van der Waals surface area contributed by atoms with E-state index in [0.29, 0.717) is 46.8 Å². The molecule has 2 aromatic rings. The third-order valence-electron chi connectivity index (χ3n) is 4.97. The summed E-state index contributed by atoms with van der Waals surface area (Å²) in [6, 6.07) is 0. The summed E-state index contributed by atoms with van der Waals surface area (Å²) in [5.74, 6) is -0.728. The van der Waals surface area contributed by atoms with Gasteiger partial charge in [0.25, 0.3) is 5.56 Å². The summed E-state index contributed by atoms with van der Waals surface area (Å²) in [6.07, 6.45) is 0.922. The normalized spacial score (nSPS) is 14.5. The van der Waals surface area contributed by atoms with E-state index in [9.17, 15) is 19.2 Å². The molecule has 1 fully saturated rings. The van der Waals surface area contributed by atoms with Crippen molar-refractivity contribution in [3.8, 4) is 0 Å². The number of aryl methyl sites for hydroxylation is 1. The van der Waals surface area contributed by atoms with Crippen LogP contribution in [0.1, 0.15) is 42.9 Å². The second-order valence-electron chi connectivity index (χ2n) is 8.48. The van der Waals surface area contributed by atoms with E-state index in [-0.39, 0.29) is 24.6 Å². The number of aromatic nitrogens is 2. The van der Waals surface area contributed by atoms with Crippen molar-refractivity contribution in [2.24, 2.45) is 0 Å². The van der Waals surface area contributed by atoms with Crippen LogP contribution in [0, 0.1) is 6.92 Å². The summed E-state index contributed by atoms with van der Waals surface area (Å²) in [4.78, 5) is 58.3. The number of hydrogen-bond donors (Lipinski definition) is 0. The van der Waals surface area contributed by atoms with E-state index >= 15 is 0 Å². The lowest BCUT2D eigenvalue weighted by Crippen LogP contribution is -2.52. The third kappa shape index (κ3) is 5.09. The highest BCUT2D eigenvalue weighted by atomic mass is 32.1. The van der Waals surface area contributed by atoms with Gasteiger partial charge in [0.05, 0.1) is 18.3 Å². The van der Waals surface area contributed by atoms with Crippen molar-refractivity contribution < 1.29 is 23.9 Å². The van der Waals surface area contributed by atoms with E-state index in [1.165, 1.54) is 10.9 Å². The molecule has 0 unspecified atom stereocenters. The van der Waals surface area contributed by atoms with Crippen molar-refractivity contribution in [3.63, 3.8) is 0 Å². The molecule has 2 aromatic heterocycles. The first kappa shape index (κ1) is 23.7. The van der Waals surface area contributed by atoms with E-state index in [0.717, 1.165) is 11.3 Å². The topological polar surface area (TPSA) is 111 Å². The van der Waals surface area contributed by atoms with Crippen LogP contribution in [0.25, 0.3) is 10.2 Å². The van der Waals surface area contributed by atoms with Gasteiger partial charge in [-0.25, -0.2) is 14.6 Å². The predicted molar refractivity (Wildman–Crippen MR) is 119 cm³/mol. The van der Waals surface area contributed by atoms with Gasteiger partial charge in [-0.3, -0.25) is 14.2 Å². The van der Waals surface area contributed by atoms with Crippen molar-refractivity contribution >= 4 is 39.5 Å². The molecule has 0 spiro atoms. The van der Waals surface area contributed by atoms with Crippen molar-refractivity contribution in [2.45, 2.75) is 46.8 Å². The number of nitrogens with zero attached hydrogens (tertiary/aromatic N) is 4. The molecule has 2 amide bonds. The Morgan fingerprint density at radius 1 is 1.12 bits per heavy atom. The van der Waals surface area contributed by atoms with Gasteiger partial charge in [-0.2, -0.15) is 0 Å². The standard InChI is InChI=1S/C21H28N4O6S/c1-6-30-19(28)16-13(2)15-17(32-16)22-12-25(18(15)27)11-14(26)23-7-9-24(10-8-23)20(29)31-21(3,4)5/h12H,6-11H2,1-5H3. The number of fused-ring (bicyclic) bond motifs is 1. The summed E-state index contributed by atoms with van der Waals surface area (Å²) in [5, 5.41) is 0.322. The van der Waals surface area contributed by atoms with Crippen LogP contribution in [0.5, 0.6) is 0 Å². The van der Waals surface area contributed by atoms with Gasteiger partial charge in [0.2, 0.25) is 5.91 Å². The fourth-order valence-corrected chi connectivity index (χ4v) is 4.41. The van der Waals surface area contributed by atoms with Crippen molar-refractivity contribution in [1.82, 2.24) is 19.4 Å². The van der Waals surface area contributed by atoms with Gasteiger partial charge in [0.1, 0.15) is 21.9 Å². The molecule has 174 valence electrons. The number of carbonyl (C=O) groups is 3. The Morgan fingerprint density at radius 3 is 2.34 bits per heavy atom. The number of hydrogen-bond acceptors (Lipinski definition) is 8. The highest BCUT2D eigenvalue weighted by molar-refractivity contribution is 7.20. The minimum Gasteiger partial charge on any atom is -0.462 e. The van der Waals surface area contributed by atoms with Crippen molar-refractivity contribution in [2.75, 3.05) is 32.8 Å². The second kappa shape index (κ2) is 9.27. The van der Waals surface area contributed by atoms with E-state index in [1.54, 1.807) is 44.4 Å². The monoisotopic (exact) mass is 464 g/mol. The van der Waals surface area contributed by atoms with Gasteiger partial charge in [0.15, 0.2) is 0 Å².